The summed E-state index contributed by atoms with van der Waals surface area (Å²) in [6, 6.07) is 25.3. The van der Waals surface area contributed by atoms with Crippen molar-refractivity contribution in [1.82, 2.24) is 35.5 Å². The molecule has 26 heteroatoms. The summed E-state index contributed by atoms with van der Waals surface area (Å²) < 4.78 is 105. The van der Waals surface area contributed by atoms with E-state index in [1.54, 1.807) is 76.0 Å². The number of fused-ring (bicyclic) bond motifs is 2. The highest BCUT2D eigenvalue weighted by Gasteiger charge is 2.38. The summed E-state index contributed by atoms with van der Waals surface area (Å²) >= 11 is 0. The first-order chi connectivity index (χ1) is 42.8. The zero-order valence-electron chi connectivity index (χ0n) is 49.5. The molecule has 0 radical (unpaired) electrons. The Morgan fingerprint density at radius 2 is 1.03 bits per heavy atom. The van der Waals surface area contributed by atoms with Crippen LogP contribution in [0.25, 0.3) is 22.5 Å². The maximum Gasteiger partial charge on any atom is 0.410 e. The molecule has 0 aliphatic carbocycles. The number of carbonyl (C=O) groups is 5. The maximum atomic E-state index is 15.3. The van der Waals surface area contributed by atoms with Crippen molar-refractivity contribution >= 4 is 81.1 Å². The van der Waals surface area contributed by atoms with Gasteiger partial charge >= 0.3 is 18.2 Å². The molecule has 3 aliphatic heterocycles. The molecule has 0 saturated carbocycles. The molecule has 1 atom stereocenters. The van der Waals surface area contributed by atoms with Crippen LogP contribution in [0.2, 0.25) is 0 Å². The minimum absolute atomic E-state index is 0.00341. The van der Waals surface area contributed by atoms with E-state index >= 15 is 8.78 Å². The van der Waals surface area contributed by atoms with Crippen molar-refractivity contribution in [2.45, 2.75) is 77.3 Å². The highest BCUT2D eigenvalue weighted by atomic mass is 32.2. The SMILES string of the molecule is Cc1ccc(C(=O)Nc2ccc(F)cc2)cc1-c1nc(N2CCC(N(C)C(=O)OC(C)(C)C)CC2)nc2c1CNC(=O)N2c1c(F)cccc1F.Cc1ccc(C(=O)Nc2ccc(F)cc2)cc1-c1nc(S(C)=O)nc2c1CNC(=O)N2c1c(F)cccc1F. The number of aromatic nitrogens is 4. The lowest BCUT2D eigenvalue weighted by Crippen LogP contribution is -2.48. The van der Waals surface area contributed by atoms with Crippen LogP contribution in [0.4, 0.5) is 81.1 Å². The summed E-state index contributed by atoms with van der Waals surface area (Å²) in [6.45, 7) is 9.73. The number of anilines is 7. The Morgan fingerprint density at radius 3 is 1.46 bits per heavy atom. The molecule has 1 saturated heterocycles. The predicted molar refractivity (Wildman–Crippen MR) is 326 cm³/mol. The van der Waals surface area contributed by atoms with Crippen LogP contribution in [0, 0.1) is 48.8 Å². The molecule has 464 valence electrons. The number of amides is 7. The van der Waals surface area contributed by atoms with Crippen molar-refractivity contribution in [2.24, 2.45) is 0 Å². The molecule has 2 aromatic heterocycles. The van der Waals surface area contributed by atoms with E-state index in [-0.39, 0.29) is 58.7 Å². The van der Waals surface area contributed by atoms with Crippen LogP contribution < -0.4 is 36.0 Å². The number of nitrogens with one attached hydrogen (secondary N) is 4. The van der Waals surface area contributed by atoms with Gasteiger partial charge in [-0.25, -0.2) is 65.5 Å². The van der Waals surface area contributed by atoms with Crippen molar-refractivity contribution in [3.63, 3.8) is 0 Å². The molecule has 19 nitrogen and oxygen atoms in total. The number of halogens is 6. The van der Waals surface area contributed by atoms with E-state index in [0.717, 1.165) is 39.6 Å². The minimum atomic E-state index is -1.73. The summed E-state index contributed by atoms with van der Waals surface area (Å²) in [4.78, 5) is 88.8. The Morgan fingerprint density at radius 1 is 0.611 bits per heavy atom. The van der Waals surface area contributed by atoms with Crippen LogP contribution in [-0.2, 0) is 28.6 Å². The summed E-state index contributed by atoms with van der Waals surface area (Å²) in [6.07, 6.45) is 2.01. The van der Waals surface area contributed by atoms with E-state index in [2.05, 4.69) is 31.2 Å². The number of ether oxygens (including phenoxy) is 1. The smallest absolute Gasteiger partial charge is 0.410 e. The largest absolute Gasteiger partial charge is 0.444 e. The van der Waals surface area contributed by atoms with Gasteiger partial charge in [-0.05, 0) is 156 Å². The van der Waals surface area contributed by atoms with Gasteiger partial charge < -0.3 is 35.8 Å². The number of hydrogen-bond acceptors (Lipinski definition) is 12. The molecule has 1 fully saturated rings. The molecule has 5 heterocycles. The molecule has 0 spiro atoms. The summed E-state index contributed by atoms with van der Waals surface area (Å²) in [5.74, 6) is -5.64. The fourth-order valence-corrected chi connectivity index (χ4v) is 10.7. The second-order valence-electron chi connectivity index (χ2n) is 22.2. The molecular formula is C64H58F6N12O7S. The van der Waals surface area contributed by atoms with E-state index in [0.29, 0.717) is 70.8 Å². The first-order valence-electron chi connectivity index (χ1n) is 28.1. The summed E-state index contributed by atoms with van der Waals surface area (Å²) in [5, 5.41) is 10.6. The number of carbonyl (C=O) groups excluding carboxylic acids is 5. The number of rotatable bonds is 11. The van der Waals surface area contributed by atoms with Crippen LogP contribution in [0.5, 0.6) is 0 Å². The third kappa shape index (κ3) is 13.4. The molecule has 7 amide bonds. The topological polar surface area (TPSA) is 224 Å². The van der Waals surface area contributed by atoms with Gasteiger partial charge in [0.1, 0.15) is 51.9 Å². The summed E-state index contributed by atoms with van der Waals surface area (Å²) in [5.41, 5.74) is 3.13. The van der Waals surface area contributed by atoms with E-state index < -0.39 is 92.6 Å². The molecule has 8 aromatic rings. The molecular weight excluding hydrogens is 1190 g/mol. The van der Waals surface area contributed by atoms with Gasteiger partial charge in [0.2, 0.25) is 11.1 Å². The van der Waals surface area contributed by atoms with Crippen LogP contribution in [0.1, 0.15) is 76.6 Å². The second-order valence-corrected chi connectivity index (χ2v) is 23.5. The fraction of sp³-hybridized carbons (Fsp3) is 0.234. The highest BCUT2D eigenvalue weighted by molar-refractivity contribution is 7.84. The molecule has 6 aromatic carbocycles. The van der Waals surface area contributed by atoms with E-state index in [1.807, 2.05) is 11.8 Å². The number of urea groups is 2. The zero-order valence-corrected chi connectivity index (χ0v) is 50.3. The number of hydrogen-bond donors (Lipinski definition) is 4. The van der Waals surface area contributed by atoms with Crippen molar-refractivity contribution in [1.29, 1.82) is 0 Å². The number of aryl methyl sites for hydroxylation is 2. The van der Waals surface area contributed by atoms with Crippen molar-refractivity contribution in [2.75, 3.05) is 51.7 Å². The van der Waals surface area contributed by atoms with Gasteiger partial charge in [0.05, 0.1) is 35.3 Å². The lowest BCUT2D eigenvalue weighted by Gasteiger charge is -2.38. The number of piperidine rings is 1. The Balaban J connectivity index is 0.000000205. The Bertz CT molecular complexity index is 4150. The van der Waals surface area contributed by atoms with Crippen LogP contribution in [0.15, 0.2) is 126 Å². The minimum Gasteiger partial charge on any atom is -0.444 e. The van der Waals surface area contributed by atoms with Gasteiger partial charge in [-0.2, -0.15) is 4.98 Å². The third-order valence-electron chi connectivity index (χ3n) is 14.9. The molecule has 0 bridgehead atoms. The van der Waals surface area contributed by atoms with E-state index in [1.165, 1.54) is 66.9 Å². The Labute approximate surface area is 515 Å². The normalized spacial score (nSPS) is 14.3. The quantitative estimate of drug-likeness (QED) is 0.0701. The predicted octanol–water partition coefficient (Wildman–Crippen LogP) is 12.5. The van der Waals surface area contributed by atoms with E-state index in [9.17, 15) is 45.7 Å². The highest BCUT2D eigenvalue weighted by Crippen LogP contribution is 2.42. The molecule has 3 aliphatic rings. The first kappa shape index (κ1) is 62.8. The number of benzene rings is 6. The van der Waals surface area contributed by atoms with Crippen molar-refractivity contribution in [3.8, 4) is 22.5 Å². The van der Waals surface area contributed by atoms with Gasteiger partial charge in [-0.3, -0.25) is 13.8 Å². The van der Waals surface area contributed by atoms with Crippen LogP contribution in [-0.4, -0.2) is 97.1 Å². The average Bonchev–Trinajstić information content (AvgIpc) is 0.767. The lowest BCUT2D eigenvalue weighted by atomic mass is 9.97. The molecule has 1 unspecified atom stereocenters. The van der Waals surface area contributed by atoms with Gasteiger partial charge in [0, 0.05) is 77.2 Å². The van der Waals surface area contributed by atoms with Gasteiger partial charge in [-0.15, -0.1) is 0 Å². The fourth-order valence-electron chi connectivity index (χ4n) is 10.3. The number of para-hydroxylation sites is 2. The number of nitrogens with zero attached hydrogens (tertiary/aromatic N) is 8. The lowest BCUT2D eigenvalue weighted by molar-refractivity contribution is 0.0200. The molecule has 4 N–H and O–H groups in total. The van der Waals surface area contributed by atoms with Crippen LogP contribution in [0.3, 0.4) is 0 Å². The molecule has 11 rings (SSSR count). The van der Waals surface area contributed by atoms with Crippen LogP contribution >= 0.6 is 0 Å². The molecule has 90 heavy (non-hydrogen) atoms. The van der Waals surface area contributed by atoms with Crippen molar-refractivity contribution < 1.29 is 59.3 Å². The van der Waals surface area contributed by atoms with Crippen molar-refractivity contribution in [3.05, 3.63) is 190 Å². The summed E-state index contributed by atoms with van der Waals surface area (Å²) in [7, 11) is -0.0338. The van der Waals surface area contributed by atoms with Gasteiger partial charge in [0.15, 0.2) is 11.6 Å². The van der Waals surface area contributed by atoms with Gasteiger partial charge in [0.25, 0.3) is 11.8 Å². The van der Waals surface area contributed by atoms with E-state index in [4.69, 9.17) is 14.7 Å². The average molecular weight is 1250 g/mol. The Kier molecular flexibility index (Phi) is 18.0. The maximum absolute atomic E-state index is 15.3. The second kappa shape index (κ2) is 25.8. The Hall–Kier alpha value is -10.2. The third-order valence-corrected chi connectivity index (χ3v) is 15.6. The first-order valence-corrected chi connectivity index (χ1v) is 29.7. The monoisotopic (exact) mass is 1250 g/mol. The zero-order chi connectivity index (χ0) is 64.5. The van der Waals surface area contributed by atoms with Gasteiger partial charge in [-0.1, -0.05) is 24.3 Å². The standard InChI is InChI=1S/C37H38F3N7O4.C27H20F3N5O3S/c1-21-9-10-22(33(48)42-24-13-11-23(38)12-14-24)19-26(21)30-27-20-41-35(49)47(31-28(39)7-6-8-29(31)40)32(27)44-34(43-30)46-17-15-25(16-18-46)45(5)36(50)51-37(2,3)4;1-14-6-7-15(25(36)32-17-10-8-16(28)9-11-17)12-18(14)22-19-13-31-27(37)35(23-20(29)4-3-5-21(23)30)24(19)34-26(33-22)39(2)38/h6-14,19,25H,15-18,20H2,1-5H3,(H,41,49)(H,42,48);3-12H,13H2,1-2H3,(H,31,37)(H,32,36).